The first kappa shape index (κ1) is 17.7. The highest BCUT2D eigenvalue weighted by Gasteiger charge is 2.27. The minimum atomic E-state index is 0.125. The van der Waals surface area contributed by atoms with Gasteiger partial charge >= 0.3 is 0 Å². The van der Waals surface area contributed by atoms with Crippen molar-refractivity contribution in [3.8, 4) is 0 Å². The maximum atomic E-state index is 12.5. The fourth-order valence-corrected chi connectivity index (χ4v) is 4.72. The maximum Gasteiger partial charge on any atom is 0.228 e. The Morgan fingerprint density at radius 1 is 0.962 bits per heavy atom. The molecule has 0 atom stereocenters. The van der Waals surface area contributed by atoms with E-state index in [1.54, 1.807) is 12.3 Å². The van der Waals surface area contributed by atoms with E-state index < -0.39 is 0 Å². The van der Waals surface area contributed by atoms with Gasteiger partial charge in [0.1, 0.15) is 5.82 Å². The number of amides is 1. The first-order valence-electron chi connectivity index (χ1n) is 10.4. The number of anilines is 2. The van der Waals surface area contributed by atoms with Gasteiger partial charge < -0.3 is 10.2 Å². The average Bonchev–Trinajstić information content (AvgIpc) is 3.24. The lowest BCUT2D eigenvalue weighted by molar-refractivity contribution is -0.120. The van der Waals surface area contributed by atoms with Gasteiger partial charge in [-0.2, -0.15) is 4.98 Å². The Hall–Kier alpha value is -1.69. The number of piperazine rings is 1. The monoisotopic (exact) mass is 357 g/mol. The molecular formula is C20H31N5O. The van der Waals surface area contributed by atoms with Crippen LogP contribution in [0, 0.1) is 5.92 Å². The fourth-order valence-electron chi connectivity index (χ4n) is 4.72. The molecule has 2 aliphatic carbocycles. The van der Waals surface area contributed by atoms with Crippen LogP contribution in [-0.4, -0.2) is 53.0 Å². The molecule has 0 unspecified atom stereocenters. The lowest BCUT2D eigenvalue weighted by atomic mass is 9.89. The second-order valence-corrected chi connectivity index (χ2v) is 8.03. The van der Waals surface area contributed by atoms with Crippen molar-refractivity contribution >= 4 is 17.7 Å². The smallest absolute Gasteiger partial charge is 0.228 e. The van der Waals surface area contributed by atoms with E-state index in [9.17, 15) is 4.79 Å². The summed E-state index contributed by atoms with van der Waals surface area (Å²) < 4.78 is 0. The lowest BCUT2D eigenvalue weighted by Gasteiger charge is -2.38. The zero-order valence-corrected chi connectivity index (χ0v) is 15.7. The van der Waals surface area contributed by atoms with Crippen molar-refractivity contribution in [1.29, 1.82) is 0 Å². The third-order valence-electron chi connectivity index (χ3n) is 6.31. The van der Waals surface area contributed by atoms with E-state index in [2.05, 4.69) is 25.1 Å². The van der Waals surface area contributed by atoms with Gasteiger partial charge in [0.15, 0.2) is 0 Å². The molecule has 0 aromatic carbocycles. The molecule has 0 radical (unpaired) electrons. The van der Waals surface area contributed by atoms with E-state index in [1.807, 2.05) is 0 Å². The molecule has 6 nitrogen and oxygen atoms in total. The molecule has 2 saturated carbocycles. The van der Waals surface area contributed by atoms with Gasteiger partial charge in [-0.25, -0.2) is 4.98 Å². The van der Waals surface area contributed by atoms with Crippen molar-refractivity contribution in [3.63, 3.8) is 0 Å². The van der Waals surface area contributed by atoms with E-state index in [0.29, 0.717) is 5.82 Å². The Bertz CT molecular complexity index is 602. The predicted molar refractivity (Wildman–Crippen MR) is 103 cm³/mol. The molecule has 4 rings (SSSR count). The van der Waals surface area contributed by atoms with E-state index >= 15 is 0 Å². The number of aromatic nitrogens is 2. The second kappa shape index (κ2) is 8.33. The van der Waals surface area contributed by atoms with Crippen molar-refractivity contribution in [2.45, 2.75) is 63.8 Å². The molecule has 1 amide bonds. The molecular weight excluding hydrogens is 326 g/mol. The Morgan fingerprint density at radius 2 is 1.65 bits per heavy atom. The third kappa shape index (κ3) is 4.17. The van der Waals surface area contributed by atoms with Crippen molar-refractivity contribution in [1.82, 2.24) is 14.9 Å². The summed E-state index contributed by atoms with van der Waals surface area (Å²) in [5, 5.41) is 3.02. The zero-order chi connectivity index (χ0) is 17.8. The van der Waals surface area contributed by atoms with Gasteiger partial charge in [0.05, 0.1) is 0 Å². The molecule has 2 heterocycles. The van der Waals surface area contributed by atoms with Gasteiger partial charge in [-0.15, -0.1) is 0 Å². The van der Waals surface area contributed by atoms with Crippen LogP contribution in [0.15, 0.2) is 12.3 Å². The highest BCUT2D eigenvalue weighted by Crippen LogP contribution is 2.26. The van der Waals surface area contributed by atoms with Crippen LogP contribution in [0.5, 0.6) is 0 Å². The van der Waals surface area contributed by atoms with E-state index in [0.717, 1.165) is 51.0 Å². The van der Waals surface area contributed by atoms with Crippen LogP contribution < -0.4 is 10.2 Å². The number of nitrogens with one attached hydrogen (secondary N) is 1. The van der Waals surface area contributed by atoms with Crippen LogP contribution >= 0.6 is 0 Å². The Balaban J connectivity index is 1.33. The van der Waals surface area contributed by atoms with Gasteiger partial charge in [0, 0.05) is 44.3 Å². The molecule has 1 aromatic heterocycles. The topological polar surface area (TPSA) is 61.4 Å². The molecule has 1 aromatic rings. The first-order valence-corrected chi connectivity index (χ1v) is 10.4. The SMILES string of the molecule is O=C(Nc1ccnc(N2CCN(C3CCCC3)CC2)n1)C1CCCCC1. The Labute approximate surface area is 156 Å². The first-order chi connectivity index (χ1) is 12.8. The summed E-state index contributed by atoms with van der Waals surface area (Å²) in [7, 11) is 0. The lowest BCUT2D eigenvalue weighted by Crippen LogP contribution is -2.50. The molecule has 1 N–H and O–H groups in total. The summed E-state index contributed by atoms with van der Waals surface area (Å²) >= 11 is 0. The summed E-state index contributed by atoms with van der Waals surface area (Å²) in [5.41, 5.74) is 0. The summed E-state index contributed by atoms with van der Waals surface area (Å²) in [6, 6.07) is 2.60. The van der Waals surface area contributed by atoms with Crippen LogP contribution in [0.3, 0.4) is 0 Å². The highest BCUT2D eigenvalue weighted by atomic mass is 16.1. The van der Waals surface area contributed by atoms with Crippen LogP contribution in [-0.2, 0) is 4.79 Å². The quantitative estimate of drug-likeness (QED) is 0.897. The zero-order valence-electron chi connectivity index (χ0n) is 15.7. The molecule has 26 heavy (non-hydrogen) atoms. The van der Waals surface area contributed by atoms with Crippen LogP contribution in [0.2, 0.25) is 0 Å². The summed E-state index contributed by atoms with van der Waals surface area (Å²) in [6.07, 6.45) is 12.9. The molecule has 142 valence electrons. The number of nitrogens with zero attached hydrogens (tertiary/aromatic N) is 4. The largest absolute Gasteiger partial charge is 0.338 e. The Kier molecular flexibility index (Phi) is 5.68. The van der Waals surface area contributed by atoms with Gasteiger partial charge in [0.25, 0.3) is 0 Å². The van der Waals surface area contributed by atoms with Gasteiger partial charge in [-0.1, -0.05) is 32.1 Å². The predicted octanol–water partition coefficient (Wildman–Crippen LogP) is 3.06. The average molecular weight is 358 g/mol. The van der Waals surface area contributed by atoms with Crippen molar-refractivity contribution in [2.24, 2.45) is 5.92 Å². The normalized spacial score (nSPS) is 23.3. The van der Waals surface area contributed by atoms with Gasteiger partial charge in [-0.3, -0.25) is 9.69 Å². The number of hydrogen-bond acceptors (Lipinski definition) is 5. The van der Waals surface area contributed by atoms with E-state index in [4.69, 9.17) is 0 Å². The standard InChI is InChI=1S/C20H31N5O/c26-19(16-6-2-1-3-7-16)22-18-10-11-21-20(23-18)25-14-12-24(13-15-25)17-8-4-5-9-17/h10-11,16-17H,1-9,12-15H2,(H,21,22,23,26). The molecule has 3 aliphatic rings. The molecule has 0 spiro atoms. The third-order valence-corrected chi connectivity index (χ3v) is 6.31. The van der Waals surface area contributed by atoms with Crippen molar-refractivity contribution in [2.75, 3.05) is 36.4 Å². The summed E-state index contributed by atoms with van der Waals surface area (Å²) in [5.74, 6) is 1.67. The van der Waals surface area contributed by atoms with Crippen LogP contribution in [0.25, 0.3) is 0 Å². The minimum absolute atomic E-state index is 0.125. The number of carbonyl (C=O) groups is 1. The van der Waals surface area contributed by atoms with Crippen molar-refractivity contribution < 1.29 is 4.79 Å². The second-order valence-electron chi connectivity index (χ2n) is 8.03. The van der Waals surface area contributed by atoms with Crippen LogP contribution in [0.1, 0.15) is 57.8 Å². The van der Waals surface area contributed by atoms with E-state index in [-0.39, 0.29) is 11.8 Å². The molecule has 3 fully saturated rings. The minimum Gasteiger partial charge on any atom is -0.338 e. The summed E-state index contributed by atoms with van der Waals surface area (Å²) in [4.78, 5) is 26.4. The van der Waals surface area contributed by atoms with E-state index in [1.165, 1.54) is 44.9 Å². The number of carbonyl (C=O) groups excluding carboxylic acids is 1. The van der Waals surface area contributed by atoms with Crippen LogP contribution in [0.4, 0.5) is 11.8 Å². The summed E-state index contributed by atoms with van der Waals surface area (Å²) in [6.45, 7) is 4.12. The van der Waals surface area contributed by atoms with Gasteiger partial charge in [0.2, 0.25) is 11.9 Å². The molecule has 6 heteroatoms. The van der Waals surface area contributed by atoms with Crippen molar-refractivity contribution in [3.05, 3.63) is 12.3 Å². The molecule has 0 bridgehead atoms. The number of rotatable bonds is 4. The molecule has 1 saturated heterocycles. The number of hydrogen-bond donors (Lipinski definition) is 1. The maximum absolute atomic E-state index is 12.5. The molecule has 1 aliphatic heterocycles. The highest BCUT2D eigenvalue weighted by molar-refractivity contribution is 5.91. The Morgan fingerprint density at radius 3 is 2.38 bits per heavy atom. The fraction of sp³-hybridized carbons (Fsp3) is 0.750. The van der Waals surface area contributed by atoms with Gasteiger partial charge in [-0.05, 0) is 31.7 Å².